The topological polar surface area (TPSA) is 80.4 Å². The molecule has 0 aliphatic heterocycles. The molecule has 4 nitrogen and oxygen atoms in total. The first-order valence-electron chi connectivity index (χ1n) is 3.08. The maximum absolute atomic E-state index is 9.81. The highest BCUT2D eigenvalue weighted by Crippen LogP contribution is 1.71. The summed E-state index contributed by atoms with van der Waals surface area (Å²) < 4.78 is 0. The van der Waals surface area contributed by atoms with Gasteiger partial charge in [-0.1, -0.05) is 13.5 Å². The van der Waals surface area contributed by atoms with Gasteiger partial charge in [0.05, 0.1) is 0 Å². The van der Waals surface area contributed by atoms with E-state index >= 15 is 0 Å². The second kappa shape index (κ2) is 6.80. The van der Waals surface area contributed by atoms with Crippen molar-refractivity contribution in [2.45, 2.75) is 20.3 Å². The molecule has 0 aliphatic rings. The number of carbonyl (C=O) groups is 2. The second-order valence-electron chi connectivity index (χ2n) is 1.89. The van der Waals surface area contributed by atoms with Crippen LogP contribution in [0.25, 0.3) is 0 Å². The third-order valence-electron chi connectivity index (χ3n) is 0.773. The van der Waals surface area contributed by atoms with Crippen LogP contribution in [0.1, 0.15) is 20.3 Å². The van der Waals surface area contributed by atoms with Gasteiger partial charge in [-0.05, 0) is 6.92 Å². The lowest BCUT2D eigenvalue weighted by Gasteiger charge is -1.81. The van der Waals surface area contributed by atoms with E-state index in [0.29, 0.717) is 6.42 Å². The van der Waals surface area contributed by atoms with Crippen molar-refractivity contribution in [2.24, 2.45) is 5.73 Å². The number of hydrogen-bond acceptors (Lipinski definition) is 3. The van der Waals surface area contributed by atoms with Crippen LogP contribution in [0, 0.1) is 0 Å². The molecule has 0 aromatic carbocycles. The number of carboxylic acid groups (broad SMARTS) is 1. The molecular weight excluding hydrogens is 146 g/mol. The van der Waals surface area contributed by atoms with Gasteiger partial charge >= 0.3 is 5.97 Å². The van der Waals surface area contributed by atoms with Crippen LogP contribution in [0.15, 0.2) is 12.3 Å². The molecule has 64 valence electrons. The highest BCUT2D eigenvalue weighted by atomic mass is 16.4. The molecule has 0 radical (unpaired) electrons. The SMILES string of the molecule is C=C(N)C(=O)O.CCC(C)=O. The molecule has 0 aliphatic carbocycles. The average molecular weight is 159 g/mol. The van der Waals surface area contributed by atoms with Crippen LogP contribution < -0.4 is 5.73 Å². The third-order valence-corrected chi connectivity index (χ3v) is 0.773. The van der Waals surface area contributed by atoms with Gasteiger partial charge in [0, 0.05) is 6.42 Å². The van der Waals surface area contributed by atoms with Crippen molar-refractivity contribution in [3.8, 4) is 0 Å². The summed E-state index contributed by atoms with van der Waals surface area (Å²) in [4.78, 5) is 19.3. The monoisotopic (exact) mass is 159 g/mol. The zero-order chi connectivity index (χ0) is 9.44. The van der Waals surface area contributed by atoms with Gasteiger partial charge in [-0.25, -0.2) is 4.79 Å². The van der Waals surface area contributed by atoms with Crippen LogP contribution in [-0.4, -0.2) is 16.9 Å². The van der Waals surface area contributed by atoms with Gasteiger partial charge in [0.2, 0.25) is 0 Å². The summed E-state index contributed by atoms with van der Waals surface area (Å²) in [6.07, 6.45) is 0.667. The lowest BCUT2D eigenvalue weighted by atomic mass is 10.4. The minimum atomic E-state index is -1.16. The van der Waals surface area contributed by atoms with E-state index in [1.807, 2.05) is 6.92 Å². The highest BCUT2D eigenvalue weighted by molar-refractivity contribution is 5.84. The Kier molecular flexibility index (Phi) is 7.64. The predicted molar refractivity (Wildman–Crippen MR) is 41.9 cm³/mol. The van der Waals surface area contributed by atoms with Crippen molar-refractivity contribution in [3.05, 3.63) is 12.3 Å². The van der Waals surface area contributed by atoms with Crippen molar-refractivity contribution in [1.82, 2.24) is 0 Å². The fraction of sp³-hybridized carbons (Fsp3) is 0.429. The summed E-state index contributed by atoms with van der Waals surface area (Å²) >= 11 is 0. The molecule has 0 rings (SSSR count). The van der Waals surface area contributed by atoms with Crippen molar-refractivity contribution in [1.29, 1.82) is 0 Å². The van der Waals surface area contributed by atoms with Crippen LogP contribution in [-0.2, 0) is 9.59 Å². The van der Waals surface area contributed by atoms with Crippen LogP contribution >= 0.6 is 0 Å². The molecule has 11 heavy (non-hydrogen) atoms. The fourth-order valence-corrected chi connectivity index (χ4v) is 0. The number of rotatable bonds is 2. The molecule has 4 heteroatoms. The summed E-state index contributed by atoms with van der Waals surface area (Å²) in [6.45, 7) is 6.37. The Labute approximate surface area is 65.7 Å². The first kappa shape index (κ1) is 12.4. The van der Waals surface area contributed by atoms with Crippen molar-refractivity contribution in [3.63, 3.8) is 0 Å². The summed E-state index contributed by atoms with van der Waals surface area (Å²) in [5.74, 6) is -0.903. The van der Waals surface area contributed by atoms with E-state index in [4.69, 9.17) is 5.11 Å². The molecule has 0 atom stereocenters. The quantitative estimate of drug-likeness (QED) is 0.576. The van der Waals surface area contributed by atoms with E-state index in [-0.39, 0.29) is 11.5 Å². The second-order valence-corrected chi connectivity index (χ2v) is 1.89. The van der Waals surface area contributed by atoms with E-state index in [2.05, 4.69) is 12.3 Å². The molecule has 0 saturated heterocycles. The average Bonchev–Trinajstić information content (AvgIpc) is 1.89. The molecule has 3 N–H and O–H groups in total. The molecule has 0 spiro atoms. The Hall–Kier alpha value is -1.32. The van der Waals surface area contributed by atoms with E-state index in [1.165, 1.54) is 0 Å². The molecule has 0 aromatic rings. The number of aliphatic carboxylic acids is 1. The number of carbonyl (C=O) groups excluding carboxylic acids is 1. The van der Waals surface area contributed by atoms with Crippen molar-refractivity contribution >= 4 is 11.8 Å². The number of ketones is 1. The van der Waals surface area contributed by atoms with Gasteiger partial charge in [0.25, 0.3) is 0 Å². The van der Waals surface area contributed by atoms with Crippen LogP contribution in [0.2, 0.25) is 0 Å². The van der Waals surface area contributed by atoms with Crippen LogP contribution in [0.4, 0.5) is 0 Å². The molecule has 0 aromatic heterocycles. The Morgan fingerprint density at radius 2 is 1.73 bits per heavy atom. The van der Waals surface area contributed by atoms with Gasteiger partial charge in [0.1, 0.15) is 11.5 Å². The summed E-state index contributed by atoms with van der Waals surface area (Å²) in [7, 11) is 0. The lowest BCUT2D eigenvalue weighted by molar-refractivity contribution is -0.132. The molecule has 0 bridgehead atoms. The van der Waals surface area contributed by atoms with Gasteiger partial charge in [-0.15, -0.1) is 0 Å². The third kappa shape index (κ3) is 17.7. The number of carboxylic acids is 1. The maximum atomic E-state index is 9.81. The van der Waals surface area contributed by atoms with E-state index in [0.717, 1.165) is 0 Å². The standard InChI is InChI=1S/C4H8O.C3H5NO2/c1-3-4(2)5;1-2(4)3(5)6/h3H2,1-2H3;1,4H2,(H,5,6). The van der Waals surface area contributed by atoms with Crippen molar-refractivity contribution < 1.29 is 14.7 Å². The normalized spacial score (nSPS) is 7.45. The zero-order valence-corrected chi connectivity index (χ0v) is 6.76. The number of Topliss-reactive ketones (excluding diaryl/α,β-unsaturated/α-hetero) is 1. The number of hydrogen-bond donors (Lipinski definition) is 2. The molecular formula is C7H13NO3. The molecule has 0 amide bonds. The van der Waals surface area contributed by atoms with Crippen molar-refractivity contribution in [2.75, 3.05) is 0 Å². The van der Waals surface area contributed by atoms with E-state index < -0.39 is 5.97 Å². The summed E-state index contributed by atoms with van der Waals surface area (Å²) in [5, 5.41) is 7.77. The van der Waals surface area contributed by atoms with Crippen LogP contribution in [0.3, 0.4) is 0 Å². The summed E-state index contributed by atoms with van der Waals surface area (Å²) in [6, 6.07) is 0. The first-order chi connectivity index (χ1) is 4.91. The summed E-state index contributed by atoms with van der Waals surface area (Å²) in [5.41, 5.74) is 4.32. The minimum absolute atomic E-state index is 0.255. The predicted octanol–water partition coefficient (Wildman–Crippen LogP) is 0.529. The Morgan fingerprint density at radius 1 is 1.55 bits per heavy atom. The molecule has 0 fully saturated rings. The van der Waals surface area contributed by atoms with Gasteiger partial charge < -0.3 is 15.6 Å². The zero-order valence-electron chi connectivity index (χ0n) is 6.76. The Balaban J connectivity index is 0. The minimum Gasteiger partial charge on any atom is -0.477 e. The largest absolute Gasteiger partial charge is 0.477 e. The van der Waals surface area contributed by atoms with E-state index in [1.54, 1.807) is 6.92 Å². The molecule has 0 heterocycles. The number of nitrogens with two attached hydrogens (primary N) is 1. The van der Waals surface area contributed by atoms with Gasteiger partial charge in [0.15, 0.2) is 0 Å². The van der Waals surface area contributed by atoms with Gasteiger partial charge in [-0.2, -0.15) is 0 Å². The molecule has 0 unspecified atom stereocenters. The fourth-order valence-electron chi connectivity index (χ4n) is 0. The first-order valence-corrected chi connectivity index (χ1v) is 3.08. The molecule has 0 saturated carbocycles. The van der Waals surface area contributed by atoms with E-state index in [9.17, 15) is 9.59 Å². The maximum Gasteiger partial charge on any atom is 0.351 e. The van der Waals surface area contributed by atoms with Crippen LogP contribution in [0.5, 0.6) is 0 Å². The smallest absolute Gasteiger partial charge is 0.351 e. The lowest BCUT2D eigenvalue weighted by Crippen LogP contribution is -2.06. The highest BCUT2D eigenvalue weighted by Gasteiger charge is 1.91. The van der Waals surface area contributed by atoms with Gasteiger partial charge in [-0.3, -0.25) is 0 Å². The Bertz CT molecular complexity index is 151. The Morgan fingerprint density at radius 3 is 1.73 bits per heavy atom.